The molecule has 0 aliphatic heterocycles. The van der Waals surface area contributed by atoms with E-state index in [0.717, 1.165) is 6.07 Å². The maximum Gasteiger partial charge on any atom is 0.307 e. The highest BCUT2D eigenvalue weighted by Gasteiger charge is 2.44. The van der Waals surface area contributed by atoms with E-state index in [1.165, 1.54) is 19.1 Å². The van der Waals surface area contributed by atoms with Crippen LogP contribution in [0.15, 0.2) is 18.2 Å². The molecule has 0 aromatic heterocycles. The van der Waals surface area contributed by atoms with Crippen molar-refractivity contribution in [1.29, 1.82) is 0 Å². The summed E-state index contributed by atoms with van der Waals surface area (Å²) in [5.41, 5.74) is 0.227. The standard InChI is InChI=1S/C18H20ClFN2O6/c1-9-5-16(23)12(13(9)8-22(26)27)7-17(24)28-10(2)18(25)21-11-3-4-15(20)14(19)6-11/h3-4,6,9-10,12-13H,5,7-8H2,1-2H3,(H,21,25)/t9-,10+,12-,13-/m1/s1. The van der Waals surface area contributed by atoms with Crippen molar-refractivity contribution in [2.75, 3.05) is 11.9 Å². The van der Waals surface area contributed by atoms with Gasteiger partial charge in [0, 0.05) is 28.9 Å². The molecule has 4 atom stereocenters. The number of ketones is 1. The lowest BCUT2D eigenvalue weighted by Crippen LogP contribution is -2.32. The van der Waals surface area contributed by atoms with Crippen LogP contribution in [0.25, 0.3) is 0 Å². The molecule has 0 spiro atoms. The van der Waals surface area contributed by atoms with Gasteiger partial charge in [-0.25, -0.2) is 4.39 Å². The Morgan fingerprint density at radius 3 is 2.75 bits per heavy atom. The smallest absolute Gasteiger partial charge is 0.307 e. The number of hydrogen-bond acceptors (Lipinski definition) is 6. The minimum Gasteiger partial charge on any atom is -0.453 e. The molecule has 10 heteroatoms. The third-order valence-corrected chi connectivity index (χ3v) is 5.09. The van der Waals surface area contributed by atoms with Crippen molar-refractivity contribution >= 4 is 34.9 Å². The number of hydrogen-bond donors (Lipinski definition) is 1. The summed E-state index contributed by atoms with van der Waals surface area (Å²) < 4.78 is 18.2. The zero-order valence-corrected chi connectivity index (χ0v) is 16.1. The van der Waals surface area contributed by atoms with Gasteiger partial charge in [0.05, 0.1) is 11.4 Å². The molecule has 1 aliphatic rings. The molecule has 0 radical (unpaired) electrons. The number of esters is 1. The van der Waals surface area contributed by atoms with Gasteiger partial charge < -0.3 is 10.1 Å². The molecule has 0 unspecified atom stereocenters. The van der Waals surface area contributed by atoms with Gasteiger partial charge in [0.1, 0.15) is 11.6 Å². The second kappa shape index (κ2) is 9.09. The van der Waals surface area contributed by atoms with E-state index in [9.17, 15) is 28.9 Å². The minimum atomic E-state index is -1.18. The number of halogens is 2. The van der Waals surface area contributed by atoms with Crippen molar-refractivity contribution in [2.24, 2.45) is 17.8 Å². The van der Waals surface area contributed by atoms with E-state index in [1.54, 1.807) is 6.92 Å². The Bertz CT molecular complexity index is 802. The van der Waals surface area contributed by atoms with Crippen molar-refractivity contribution in [1.82, 2.24) is 0 Å². The Hall–Kier alpha value is -2.55. The molecule has 1 aromatic carbocycles. The Kier molecular flexibility index (Phi) is 7.06. The van der Waals surface area contributed by atoms with Crippen LogP contribution in [0.4, 0.5) is 10.1 Å². The van der Waals surface area contributed by atoms with Gasteiger partial charge >= 0.3 is 5.97 Å². The predicted octanol–water partition coefficient (Wildman–Crippen LogP) is 2.86. The molecule has 1 N–H and O–H groups in total. The van der Waals surface area contributed by atoms with Gasteiger partial charge in [-0.2, -0.15) is 0 Å². The summed E-state index contributed by atoms with van der Waals surface area (Å²) in [6.07, 6.45) is -1.32. The Morgan fingerprint density at radius 2 is 2.14 bits per heavy atom. The average molecular weight is 415 g/mol. The zero-order valence-electron chi connectivity index (χ0n) is 15.3. The molecule has 1 aromatic rings. The topological polar surface area (TPSA) is 116 Å². The maximum absolute atomic E-state index is 13.1. The van der Waals surface area contributed by atoms with Gasteiger partial charge in [0.2, 0.25) is 6.54 Å². The highest BCUT2D eigenvalue weighted by Crippen LogP contribution is 2.36. The summed E-state index contributed by atoms with van der Waals surface area (Å²) in [6, 6.07) is 3.59. The number of ether oxygens (including phenoxy) is 1. The molecule has 1 fully saturated rings. The summed E-state index contributed by atoms with van der Waals surface area (Å²) in [4.78, 5) is 46.7. The Balaban J connectivity index is 1.93. The largest absolute Gasteiger partial charge is 0.453 e. The Morgan fingerprint density at radius 1 is 1.46 bits per heavy atom. The van der Waals surface area contributed by atoms with Crippen LogP contribution < -0.4 is 5.32 Å². The monoisotopic (exact) mass is 414 g/mol. The van der Waals surface area contributed by atoms with Crippen LogP contribution in [0.3, 0.4) is 0 Å². The molecule has 2 rings (SSSR count). The van der Waals surface area contributed by atoms with Crippen molar-refractivity contribution < 1.29 is 28.4 Å². The number of Topliss-reactive ketones (excluding diaryl/α,β-unsaturated/α-hetero) is 1. The fourth-order valence-electron chi connectivity index (χ4n) is 3.30. The molecule has 0 heterocycles. The Labute approximate surface area is 165 Å². The van der Waals surface area contributed by atoms with Crippen LogP contribution in [0.1, 0.15) is 26.7 Å². The minimum absolute atomic E-state index is 0.173. The second-order valence-corrected chi connectivity index (χ2v) is 7.29. The number of benzene rings is 1. The number of carbonyl (C=O) groups excluding carboxylic acids is 3. The van der Waals surface area contributed by atoms with Gasteiger partial charge in [-0.3, -0.25) is 24.5 Å². The first-order valence-corrected chi connectivity index (χ1v) is 9.06. The maximum atomic E-state index is 13.1. The van der Waals surface area contributed by atoms with E-state index in [-0.39, 0.29) is 35.3 Å². The number of nitrogens with zero attached hydrogens (tertiary/aromatic N) is 1. The summed E-state index contributed by atoms with van der Waals surface area (Å²) in [5, 5.41) is 13.1. The first-order chi connectivity index (χ1) is 13.1. The number of amides is 1. The number of nitrogens with one attached hydrogen (secondary N) is 1. The quantitative estimate of drug-likeness (QED) is 0.416. The van der Waals surface area contributed by atoms with E-state index in [1.807, 2.05) is 0 Å². The third-order valence-electron chi connectivity index (χ3n) is 4.80. The van der Waals surface area contributed by atoms with E-state index >= 15 is 0 Å². The van der Waals surface area contributed by atoms with Crippen molar-refractivity contribution in [3.8, 4) is 0 Å². The number of nitro groups is 1. The zero-order chi connectivity index (χ0) is 21.0. The van der Waals surface area contributed by atoms with E-state index in [0.29, 0.717) is 0 Å². The normalized spacial score (nSPS) is 22.6. The fraction of sp³-hybridized carbons (Fsp3) is 0.500. The lowest BCUT2D eigenvalue weighted by atomic mass is 9.88. The third kappa shape index (κ3) is 5.48. The molecule has 1 amide bonds. The highest BCUT2D eigenvalue weighted by atomic mass is 35.5. The summed E-state index contributed by atoms with van der Waals surface area (Å²) in [7, 11) is 0. The van der Waals surface area contributed by atoms with Crippen molar-refractivity contribution in [3.63, 3.8) is 0 Å². The molecule has 28 heavy (non-hydrogen) atoms. The van der Waals surface area contributed by atoms with Crippen LogP contribution in [0.2, 0.25) is 5.02 Å². The number of anilines is 1. The molecule has 1 saturated carbocycles. The molecule has 152 valence electrons. The van der Waals surface area contributed by atoms with Crippen LogP contribution >= 0.6 is 11.6 Å². The van der Waals surface area contributed by atoms with Crippen LogP contribution in [0.5, 0.6) is 0 Å². The van der Waals surface area contributed by atoms with E-state index < -0.39 is 47.1 Å². The van der Waals surface area contributed by atoms with Crippen molar-refractivity contribution in [3.05, 3.63) is 39.2 Å². The van der Waals surface area contributed by atoms with Crippen LogP contribution in [-0.2, 0) is 19.1 Å². The lowest BCUT2D eigenvalue weighted by Gasteiger charge is -2.18. The predicted molar refractivity (Wildman–Crippen MR) is 97.8 cm³/mol. The van der Waals surface area contributed by atoms with E-state index in [2.05, 4.69) is 5.32 Å². The summed E-state index contributed by atoms with van der Waals surface area (Å²) >= 11 is 5.64. The number of rotatable bonds is 7. The molecule has 8 nitrogen and oxygen atoms in total. The van der Waals surface area contributed by atoms with Gasteiger partial charge in [-0.1, -0.05) is 18.5 Å². The van der Waals surface area contributed by atoms with Gasteiger partial charge in [-0.15, -0.1) is 0 Å². The molecular formula is C18H20ClFN2O6. The van der Waals surface area contributed by atoms with Crippen LogP contribution in [0, 0.1) is 33.7 Å². The van der Waals surface area contributed by atoms with E-state index in [4.69, 9.17) is 16.3 Å². The van der Waals surface area contributed by atoms with Gasteiger partial charge in [-0.05, 0) is 31.0 Å². The summed E-state index contributed by atoms with van der Waals surface area (Å²) in [6.45, 7) is 2.68. The fourth-order valence-corrected chi connectivity index (χ4v) is 3.48. The van der Waals surface area contributed by atoms with Crippen molar-refractivity contribution in [2.45, 2.75) is 32.8 Å². The van der Waals surface area contributed by atoms with Crippen LogP contribution in [-0.4, -0.2) is 35.2 Å². The van der Waals surface area contributed by atoms with Gasteiger partial charge in [0.25, 0.3) is 5.91 Å². The molecular weight excluding hydrogens is 395 g/mol. The SMILES string of the molecule is C[C@H](OC(=O)C[C@H]1C(=O)C[C@@H](C)[C@H]1C[N+](=O)[O-])C(=O)Nc1ccc(F)c(Cl)c1. The summed E-state index contributed by atoms with van der Waals surface area (Å²) in [5.74, 6) is -3.84. The first-order valence-electron chi connectivity index (χ1n) is 8.68. The average Bonchev–Trinajstić information content (AvgIpc) is 2.84. The molecule has 0 saturated heterocycles. The van der Waals surface area contributed by atoms with Gasteiger partial charge in [0.15, 0.2) is 6.10 Å². The first kappa shape index (κ1) is 21.7. The highest BCUT2D eigenvalue weighted by molar-refractivity contribution is 6.31. The molecule has 1 aliphatic carbocycles. The molecule has 0 bridgehead atoms. The second-order valence-electron chi connectivity index (χ2n) is 6.89. The number of carbonyl (C=O) groups is 3. The lowest BCUT2D eigenvalue weighted by molar-refractivity contribution is -0.490.